The molecular weight excluding hydrogens is 771 g/mol. The second-order valence-electron chi connectivity index (χ2n) is 22.2. The van der Waals surface area contributed by atoms with Gasteiger partial charge in [0.05, 0.1) is 35.9 Å². The molecule has 338 valence electrons. The second kappa shape index (κ2) is 18.0. The van der Waals surface area contributed by atoms with Crippen molar-refractivity contribution in [3.8, 4) is 0 Å². The first-order valence-electron chi connectivity index (χ1n) is 24.8. The Balaban J connectivity index is 0.836. The summed E-state index contributed by atoms with van der Waals surface area (Å²) in [6, 6.07) is 17.1. The molecule has 9 rings (SSSR count). The van der Waals surface area contributed by atoms with Crippen LogP contribution >= 0.6 is 0 Å². The van der Waals surface area contributed by atoms with E-state index in [-0.39, 0.29) is 35.1 Å². The van der Waals surface area contributed by atoms with Crippen LogP contribution < -0.4 is 11.1 Å². The van der Waals surface area contributed by atoms with Crippen LogP contribution in [0.1, 0.15) is 146 Å². The summed E-state index contributed by atoms with van der Waals surface area (Å²) < 4.78 is 12.4. The van der Waals surface area contributed by atoms with Gasteiger partial charge in [-0.15, -0.1) is 0 Å². The molecule has 1 aliphatic heterocycles. The number of hydrogen-bond donors (Lipinski definition) is 5. The number of aliphatic hydroxyl groups excluding tert-OH is 2. The number of nitrogens with two attached hydrogens (primary N) is 1. The van der Waals surface area contributed by atoms with Gasteiger partial charge in [-0.3, -0.25) is 4.99 Å². The Bertz CT molecular complexity index is 2030. The van der Waals surface area contributed by atoms with Gasteiger partial charge in [-0.1, -0.05) is 67.6 Å². The lowest BCUT2D eigenvalue weighted by Gasteiger charge is -2.58. The van der Waals surface area contributed by atoms with E-state index >= 15 is 0 Å². The number of aryl methyl sites for hydroxylation is 1. The molecule has 13 unspecified atom stereocenters. The lowest BCUT2D eigenvalue weighted by atomic mass is 9.46. The number of ether oxygens (including phenoxy) is 1. The van der Waals surface area contributed by atoms with Gasteiger partial charge < -0.3 is 35.5 Å². The van der Waals surface area contributed by atoms with E-state index < -0.39 is 5.60 Å². The van der Waals surface area contributed by atoms with Crippen LogP contribution in [0, 0.1) is 46.3 Å². The molecule has 5 aliphatic carbocycles. The normalized spacial score (nSPS) is 38.8. The standard InChI is InChI=1S/C54H77N3O5/c1-36-28-53(23-18-38(29-53)19-24-54(60)21-8-14-44(59)30-54)49-52(3,62-49)22-20-48-46(36)31-51(48,2)43-26-39(13-9-25-58)42(27-43)33-57-50(55)56-32-40(17-16-37-10-5-4-6-11-37)45-15-7-12-41-34-61-35-47(41)45/h4-7,10-12,15,34-35,38-40,42-44,46,48-49,58-60H,1,8-9,13-14,16-33H2,2-3H3,(H3,55,56,57). The second-order valence-corrected chi connectivity index (χ2v) is 22.2. The number of nitrogens with one attached hydrogen (secondary N) is 1. The third-order valence-electron chi connectivity index (χ3n) is 18.2. The summed E-state index contributed by atoms with van der Waals surface area (Å²) in [5.74, 6) is 4.25. The third kappa shape index (κ3) is 9.06. The van der Waals surface area contributed by atoms with Crippen LogP contribution in [0.15, 0.2) is 82.6 Å². The maximum absolute atomic E-state index is 11.3. The summed E-state index contributed by atoms with van der Waals surface area (Å²) in [5, 5.41) is 37.4. The van der Waals surface area contributed by atoms with Crippen molar-refractivity contribution in [2.45, 2.75) is 165 Å². The van der Waals surface area contributed by atoms with Crippen LogP contribution in [0.2, 0.25) is 0 Å². The number of aliphatic hydroxyl groups is 3. The highest BCUT2D eigenvalue weighted by atomic mass is 16.6. The van der Waals surface area contributed by atoms with Crippen molar-refractivity contribution in [1.29, 1.82) is 0 Å². The number of benzene rings is 2. The number of rotatable bonds is 15. The Kier molecular flexibility index (Phi) is 12.8. The molecule has 0 amide bonds. The third-order valence-corrected chi connectivity index (χ3v) is 18.2. The summed E-state index contributed by atoms with van der Waals surface area (Å²) in [6.07, 6.45) is 23.2. The lowest BCUT2D eigenvalue weighted by molar-refractivity contribution is -0.0702. The zero-order chi connectivity index (χ0) is 43.1. The minimum absolute atomic E-state index is 0.0412. The summed E-state index contributed by atoms with van der Waals surface area (Å²) in [7, 11) is 0. The molecule has 2 aromatic carbocycles. The molecule has 13 atom stereocenters. The van der Waals surface area contributed by atoms with Crippen molar-refractivity contribution in [3.05, 3.63) is 84.3 Å². The SMILES string of the molecule is C=C1CC2(CCC(CCC3(O)CCCC(O)C3)C2)C2OC2(C)CCC2C1CC2(C)C1CC(CCCO)C(CNC(N)=NCC(CCc2ccccc2)c2cccc3cocc23)C1. The van der Waals surface area contributed by atoms with Gasteiger partial charge in [0.2, 0.25) is 0 Å². The summed E-state index contributed by atoms with van der Waals surface area (Å²) in [6.45, 7) is 11.6. The molecule has 8 nitrogen and oxygen atoms in total. The van der Waals surface area contributed by atoms with E-state index in [9.17, 15) is 15.3 Å². The van der Waals surface area contributed by atoms with E-state index in [2.05, 4.69) is 67.7 Å². The number of aliphatic imine (C=N–C) groups is 1. The van der Waals surface area contributed by atoms with Gasteiger partial charge in [-0.05, 0) is 175 Å². The maximum atomic E-state index is 11.3. The minimum atomic E-state index is -0.695. The molecule has 6 fully saturated rings. The monoisotopic (exact) mass is 848 g/mol. The van der Waals surface area contributed by atoms with Crippen LogP contribution in [-0.4, -0.2) is 64.4 Å². The van der Waals surface area contributed by atoms with Crippen molar-refractivity contribution in [1.82, 2.24) is 5.32 Å². The Morgan fingerprint density at radius 1 is 0.968 bits per heavy atom. The van der Waals surface area contributed by atoms with Gasteiger partial charge in [-0.2, -0.15) is 0 Å². The molecule has 62 heavy (non-hydrogen) atoms. The molecule has 3 aromatic rings. The average molecular weight is 848 g/mol. The average Bonchev–Trinajstić information content (AvgIpc) is 3.65. The fraction of sp³-hybridized carbons (Fsp3) is 0.685. The van der Waals surface area contributed by atoms with Crippen LogP contribution in [-0.2, 0) is 11.2 Å². The molecule has 1 aromatic heterocycles. The number of allylic oxidation sites excluding steroid dienone is 1. The van der Waals surface area contributed by atoms with Crippen molar-refractivity contribution < 1.29 is 24.5 Å². The molecule has 5 saturated carbocycles. The highest BCUT2D eigenvalue weighted by Crippen LogP contribution is 2.69. The predicted octanol–water partition coefficient (Wildman–Crippen LogP) is 10.2. The van der Waals surface area contributed by atoms with Gasteiger partial charge in [0.25, 0.3) is 0 Å². The summed E-state index contributed by atoms with van der Waals surface area (Å²) >= 11 is 0. The highest BCUT2D eigenvalue weighted by molar-refractivity contribution is 5.85. The van der Waals surface area contributed by atoms with Gasteiger partial charge in [0, 0.05) is 48.2 Å². The van der Waals surface area contributed by atoms with E-state index in [4.69, 9.17) is 26.5 Å². The molecule has 1 saturated heterocycles. The summed E-state index contributed by atoms with van der Waals surface area (Å²) in [5.41, 5.74) is 10.5. The van der Waals surface area contributed by atoms with E-state index in [1.54, 1.807) is 0 Å². The molecule has 2 heterocycles. The first-order valence-corrected chi connectivity index (χ1v) is 24.8. The molecule has 0 radical (unpaired) electrons. The number of fused-ring (bicyclic) bond motifs is 4. The van der Waals surface area contributed by atoms with Crippen LogP contribution in [0.5, 0.6) is 0 Å². The van der Waals surface area contributed by atoms with Crippen LogP contribution in [0.25, 0.3) is 10.8 Å². The molecule has 0 bridgehead atoms. The molecule has 1 spiro atoms. The lowest BCUT2D eigenvalue weighted by Crippen LogP contribution is -2.51. The van der Waals surface area contributed by atoms with Crippen molar-refractivity contribution in [3.63, 3.8) is 0 Å². The van der Waals surface area contributed by atoms with Gasteiger partial charge in [0.1, 0.15) is 0 Å². The Morgan fingerprint density at radius 2 is 1.81 bits per heavy atom. The van der Waals surface area contributed by atoms with Gasteiger partial charge >= 0.3 is 0 Å². The number of hydrogen-bond acceptors (Lipinski definition) is 6. The molecular formula is C54H77N3O5. The minimum Gasteiger partial charge on any atom is -0.471 e. The predicted molar refractivity (Wildman–Crippen MR) is 249 cm³/mol. The quantitative estimate of drug-likeness (QED) is 0.0445. The largest absolute Gasteiger partial charge is 0.471 e. The van der Waals surface area contributed by atoms with E-state index in [0.29, 0.717) is 60.5 Å². The maximum Gasteiger partial charge on any atom is 0.188 e. The number of guanidine groups is 1. The Labute approximate surface area is 371 Å². The summed E-state index contributed by atoms with van der Waals surface area (Å²) in [4.78, 5) is 5.00. The van der Waals surface area contributed by atoms with Crippen LogP contribution in [0.3, 0.4) is 0 Å². The zero-order valence-electron chi connectivity index (χ0n) is 37.9. The first kappa shape index (κ1) is 44.1. The van der Waals surface area contributed by atoms with Crippen LogP contribution in [0.4, 0.5) is 0 Å². The first-order chi connectivity index (χ1) is 29.9. The fourth-order valence-electron chi connectivity index (χ4n) is 14.6. The Hall–Kier alpha value is -3.17. The van der Waals surface area contributed by atoms with E-state index in [0.717, 1.165) is 87.9 Å². The van der Waals surface area contributed by atoms with Gasteiger partial charge in [0.15, 0.2) is 5.96 Å². The van der Waals surface area contributed by atoms with Crippen molar-refractivity contribution in [2.75, 3.05) is 19.7 Å². The number of nitrogens with zero attached hydrogens (tertiary/aromatic N) is 1. The molecule has 8 heteroatoms. The number of furan rings is 1. The molecule has 6 N–H and O–H groups in total. The Morgan fingerprint density at radius 3 is 2.63 bits per heavy atom. The van der Waals surface area contributed by atoms with Crippen molar-refractivity contribution in [2.24, 2.45) is 57.1 Å². The fourth-order valence-corrected chi connectivity index (χ4v) is 14.6. The van der Waals surface area contributed by atoms with E-state index in [1.165, 1.54) is 61.6 Å². The number of epoxide rings is 1. The zero-order valence-corrected chi connectivity index (χ0v) is 37.9. The topological polar surface area (TPSA) is 137 Å². The smallest absolute Gasteiger partial charge is 0.188 e. The molecule has 6 aliphatic rings. The van der Waals surface area contributed by atoms with Crippen molar-refractivity contribution >= 4 is 16.7 Å². The highest BCUT2D eigenvalue weighted by Gasteiger charge is 2.67. The van der Waals surface area contributed by atoms with E-state index in [1.807, 2.05) is 12.5 Å². The van der Waals surface area contributed by atoms with Gasteiger partial charge in [-0.25, -0.2) is 0 Å².